The molecule has 4 aromatic rings. The van der Waals surface area contributed by atoms with Gasteiger partial charge < -0.3 is 10.1 Å². The van der Waals surface area contributed by atoms with Crippen molar-refractivity contribution in [3.63, 3.8) is 0 Å². The van der Waals surface area contributed by atoms with Crippen molar-refractivity contribution in [3.8, 4) is 5.75 Å². The van der Waals surface area contributed by atoms with E-state index in [-0.39, 0.29) is 30.4 Å². The molecule has 4 rings (SSSR count). The molecule has 0 saturated heterocycles. The van der Waals surface area contributed by atoms with Crippen molar-refractivity contribution in [2.45, 2.75) is 32.9 Å². The number of amides is 1. The highest BCUT2D eigenvalue weighted by Gasteiger charge is 2.12. The lowest BCUT2D eigenvalue weighted by atomic mass is 10.0. The van der Waals surface area contributed by atoms with Gasteiger partial charge in [0.25, 0.3) is 11.5 Å². The first-order valence-electron chi connectivity index (χ1n) is 11.1. The van der Waals surface area contributed by atoms with E-state index in [4.69, 9.17) is 4.74 Å². The van der Waals surface area contributed by atoms with Crippen LogP contribution in [0.3, 0.4) is 0 Å². The van der Waals surface area contributed by atoms with Gasteiger partial charge in [-0.15, -0.1) is 0 Å². The van der Waals surface area contributed by atoms with Crippen LogP contribution in [0.4, 0.5) is 4.39 Å². The number of ether oxygens (including phenoxy) is 1. The highest BCUT2D eigenvalue weighted by atomic mass is 19.1. The zero-order chi connectivity index (χ0) is 24.1. The summed E-state index contributed by atoms with van der Waals surface area (Å²) in [4.78, 5) is 29.2. The first kappa shape index (κ1) is 23.2. The number of hydrogen-bond donors (Lipinski definition) is 1. The molecule has 0 atom stereocenters. The maximum absolute atomic E-state index is 13.9. The smallest absolute Gasteiger partial charge is 0.264 e. The van der Waals surface area contributed by atoms with Gasteiger partial charge >= 0.3 is 0 Å². The van der Waals surface area contributed by atoms with Gasteiger partial charge in [-0.2, -0.15) is 5.10 Å². The van der Waals surface area contributed by atoms with Crippen LogP contribution in [0.25, 0.3) is 11.0 Å². The van der Waals surface area contributed by atoms with Crippen molar-refractivity contribution in [1.29, 1.82) is 0 Å². The molecule has 0 radical (unpaired) electrons. The summed E-state index contributed by atoms with van der Waals surface area (Å²) in [7, 11) is 0. The van der Waals surface area contributed by atoms with E-state index >= 15 is 0 Å². The Morgan fingerprint density at radius 2 is 1.91 bits per heavy atom. The molecule has 34 heavy (non-hydrogen) atoms. The van der Waals surface area contributed by atoms with Crippen LogP contribution in [0.15, 0.2) is 65.8 Å². The Labute approximate surface area is 196 Å². The standard InChI is InChI=1S/C25H26FN5O3/c1-17(2)18-7-9-20(10-8-18)34-15-23(32)27-11-12-31-24-21(13-29-31)25(33)30(16-28-24)14-19-5-3-4-6-22(19)26/h3-10,13,16-17H,11-12,14-15H2,1-2H3,(H,27,32). The van der Waals surface area contributed by atoms with Gasteiger partial charge in [-0.1, -0.05) is 44.2 Å². The van der Waals surface area contributed by atoms with E-state index in [1.807, 2.05) is 24.3 Å². The molecule has 0 aliphatic heterocycles. The molecule has 2 aromatic carbocycles. The zero-order valence-corrected chi connectivity index (χ0v) is 19.1. The van der Waals surface area contributed by atoms with Gasteiger partial charge in [0, 0.05) is 12.1 Å². The molecule has 1 amide bonds. The second kappa shape index (κ2) is 10.3. The van der Waals surface area contributed by atoms with Gasteiger partial charge in [0.15, 0.2) is 12.3 Å². The van der Waals surface area contributed by atoms with Crippen molar-refractivity contribution in [3.05, 3.63) is 88.4 Å². The topological polar surface area (TPSA) is 91.0 Å². The molecule has 1 N–H and O–H groups in total. The number of carbonyl (C=O) groups is 1. The average molecular weight is 464 g/mol. The van der Waals surface area contributed by atoms with E-state index < -0.39 is 0 Å². The average Bonchev–Trinajstić information content (AvgIpc) is 3.25. The molecule has 176 valence electrons. The minimum atomic E-state index is -0.377. The minimum Gasteiger partial charge on any atom is -0.484 e. The number of halogens is 1. The van der Waals surface area contributed by atoms with Crippen molar-refractivity contribution in [2.24, 2.45) is 0 Å². The molecule has 8 nitrogen and oxygen atoms in total. The number of hydrogen-bond acceptors (Lipinski definition) is 5. The molecular formula is C25H26FN5O3. The summed E-state index contributed by atoms with van der Waals surface area (Å²) in [6.45, 7) is 4.84. The zero-order valence-electron chi connectivity index (χ0n) is 19.1. The number of carbonyl (C=O) groups excluding carboxylic acids is 1. The van der Waals surface area contributed by atoms with Crippen molar-refractivity contribution < 1.29 is 13.9 Å². The molecule has 2 aromatic heterocycles. The van der Waals surface area contributed by atoms with E-state index in [0.29, 0.717) is 41.4 Å². The lowest BCUT2D eigenvalue weighted by Gasteiger charge is -2.10. The third-order valence-corrected chi connectivity index (χ3v) is 5.48. The number of nitrogens with one attached hydrogen (secondary N) is 1. The van der Waals surface area contributed by atoms with E-state index in [1.54, 1.807) is 22.9 Å². The second-order valence-electron chi connectivity index (χ2n) is 8.24. The summed E-state index contributed by atoms with van der Waals surface area (Å²) in [5.74, 6) is 0.426. The summed E-state index contributed by atoms with van der Waals surface area (Å²) in [6.07, 6.45) is 2.82. The van der Waals surface area contributed by atoms with Crippen molar-refractivity contribution in [1.82, 2.24) is 24.6 Å². The van der Waals surface area contributed by atoms with Gasteiger partial charge in [-0.3, -0.25) is 14.2 Å². The number of fused-ring (bicyclic) bond motifs is 1. The Kier molecular flexibility index (Phi) is 7.01. The summed E-state index contributed by atoms with van der Waals surface area (Å²) in [5.41, 5.74) is 1.71. The monoisotopic (exact) mass is 463 g/mol. The third-order valence-electron chi connectivity index (χ3n) is 5.48. The lowest BCUT2D eigenvalue weighted by molar-refractivity contribution is -0.123. The predicted molar refractivity (Wildman–Crippen MR) is 126 cm³/mol. The van der Waals surface area contributed by atoms with Gasteiger partial charge in [0.2, 0.25) is 0 Å². The summed E-state index contributed by atoms with van der Waals surface area (Å²) < 4.78 is 22.4. The molecule has 0 saturated carbocycles. The second-order valence-corrected chi connectivity index (χ2v) is 8.24. The Morgan fingerprint density at radius 1 is 1.15 bits per heavy atom. The Balaban J connectivity index is 1.32. The lowest BCUT2D eigenvalue weighted by Crippen LogP contribution is -2.31. The molecule has 0 aliphatic rings. The van der Waals surface area contributed by atoms with Gasteiger partial charge in [-0.25, -0.2) is 14.1 Å². The highest BCUT2D eigenvalue weighted by molar-refractivity contribution is 5.77. The Bertz CT molecular complexity index is 1340. The van der Waals surface area contributed by atoms with Crippen LogP contribution in [-0.2, 0) is 17.9 Å². The van der Waals surface area contributed by atoms with E-state index in [9.17, 15) is 14.0 Å². The largest absolute Gasteiger partial charge is 0.484 e. The molecule has 0 bridgehead atoms. The van der Waals surface area contributed by atoms with Crippen LogP contribution < -0.4 is 15.6 Å². The van der Waals surface area contributed by atoms with Crippen molar-refractivity contribution >= 4 is 16.9 Å². The van der Waals surface area contributed by atoms with Crippen LogP contribution in [0.5, 0.6) is 5.75 Å². The third kappa shape index (κ3) is 5.31. The highest BCUT2D eigenvalue weighted by Crippen LogP contribution is 2.18. The van der Waals surface area contributed by atoms with Gasteiger partial charge in [-0.05, 0) is 29.7 Å². The first-order valence-corrected chi connectivity index (χ1v) is 11.1. The molecule has 2 heterocycles. The number of aromatic nitrogens is 4. The SMILES string of the molecule is CC(C)c1ccc(OCC(=O)NCCn2ncc3c(=O)n(Cc4ccccc4F)cnc32)cc1. The van der Waals surface area contributed by atoms with Gasteiger partial charge in [0.1, 0.15) is 23.3 Å². The maximum atomic E-state index is 13.9. The Morgan fingerprint density at radius 3 is 2.65 bits per heavy atom. The van der Waals surface area contributed by atoms with Gasteiger partial charge in [0.05, 0.1) is 19.3 Å². The molecule has 9 heteroatoms. The van der Waals surface area contributed by atoms with E-state index in [2.05, 4.69) is 29.2 Å². The summed E-state index contributed by atoms with van der Waals surface area (Å²) in [6, 6.07) is 14.0. The normalized spacial score (nSPS) is 11.2. The maximum Gasteiger partial charge on any atom is 0.264 e. The van der Waals surface area contributed by atoms with Crippen LogP contribution in [0.1, 0.15) is 30.9 Å². The number of nitrogens with zero attached hydrogens (tertiary/aromatic N) is 4. The minimum absolute atomic E-state index is 0.0792. The summed E-state index contributed by atoms with van der Waals surface area (Å²) >= 11 is 0. The van der Waals surface area contributed by atoms with Crippen LogP contribution in [0.2, 0.25) is 0 Å². The predicted octanol–water partition coefficient (Wildman–Crippen LogP) is 3.10. The first-order chi connectivity index (χ1) is 16.4. The fourth-order valence-electron chi connectivity index (χ4n) is 3.53. The van der Waals surface area contributed by atoms with E-state index in [0.717, 1.165) is 0 Å². The molecule has 0 spiro atoms. The fraction of sp³-hybridized carbons (Fsp3) is 0.280. The number of rotatable bonds is 9. The Hall–Kier alpha value is -4.01. The fourth-order valence-corrected chi connectivity index (χ4v) is 3.53. The van der Waals surface area contributed by atoms with Crippen LogP contribution in [0, 0.1) is 5.82 Å². The molecular weight excluding hydrogens is 437 g/mol. The van der Waals surface area contributed by atoms with Crippen molar-refractivity contribution in [2.75, 3.05) is 13.2 Å². The quantitative estimate of drug-likeness (QED) is 0.412. The van der Waals surface area contributed by atoms with E-state index in [1.165, 1.54) is 28.7 Å². The van der Waals surface area contributed by atoms with Crippen LogP contribution >= 0.6 is 0 Å². The summed E-state index contributed by atoms with van der Waals surface area (Å²) in [5, 5.41) is 7.32. The molecule has 0 unspecified atom stereocenters. The molecule has 0 aliphatic carbocycles. The van der Waals surface area contributed by atoms with Crippen LogP contribution in [-0.4, -0.2) is 38.4 Å². The number of benzene rings is 2. The molecule has 0 fully saturated rings.